The van der Waals surface area contributed by atoms with Crippen LogP contribution < -0.4 is 10.4 Å². The summed E-state index contributed by atoms with van der Waals surface area (Å²) in [5.41, 5.74) is 1.95. The summed E-state index contributed by atoms with van der Waals surface area (Å²) in [6.07, 6.45) is 1.53. The van der Waals surface area contributed by atoms with Crippen molar-refractivity contribution in [1.82, 2.24) is 0 Å². The fourth-order valence-electron chi connectivity index (χ4n) is 3.97. The molecule has 0 aliphatic rings. The van der Waals surface area contributed by atoms with Gasteiger partial charge < -0.3 is 4.43 Å². The summed E-state index contributed by atoms with van der Waals surface area (Å²) in [6, 6.07) is 29.7. The SMILES string of the molecule is C=CC(=C)C(O[Si](c1ccccc1)(c1ccccc1)C(C)(C)C)c1ccc(Br)cc1. The first-order valence-electron chi connectivity index (χ1n) is 10.1. The summed E-state index contributed by atoms with van der Waals surface area (Å²) >= 11 is 3.54. The zero-order valence-electron chi connectivity index (χ0n) is 17.9. The maximum absolute atomic E-state index is 7.31. The molecule has 3 aromatic carbocycles. The van der Waals surface area contributed by atoms with E-state index in [0.29, 0.717) is 0 Å². The Morgan fingerprint density at radius 3 is 1.73 bits per heavy atom. The lowest BCUT2D eigenvalue weighted by Crippen LogP contribution is -2.66. The van der Waals surface area contributed by atoms with E-state index in [2.05, 4.69) is 123 Å². The topological polar surface area (TPSA) is 9.23 Å². The molecule has 0 fully saturated rings. The molecule has 1 nitrogen and oxygen atoms in total. The molecule has 30 heavy (non-hydrogen) atoms. The lowest BCUT2D eigenvalue weighted by Gasteiger charge is -2.45. The van der Waals surface area contributed by atoms with Gasteiger partial charge in [0, 0.05) is 4.47 Å². The second-order valence-corrected chi connectivity index (χ2v) is 13.7. The second kappa shape index (κ2) is 9.30. The molecule has 0 heterocycles. The van der Waals surface area contributed by atoms with E-state index in [1.54, 1.807) is 0 Å². The Bertz CT molecular complexity index is 949. The third kappa shape index (κ3) is 4.44. The van der Waals surface area contributed by atoms with Crippen molar-refractivity contribution in [2.45, 2.75) is 31.9 Å². The first-order valence-corrected chi connectivity index (χ1v) is 12.9. The molecule has 0 amide bonds. The monoisotopic (exact) mass is 476 g/mol. The lowest BCUT2D eigenvalue weighted by molar-refractivity contribution is 0.230. The van der Waals surface area contributed by atoms with Crippen molar-refractivity contribution in [3.05, 3.63) is 120 Å². The van der Waals surface area contributed by atoms with E-state index in [-0.39, 0.29) is 11.1 Å². The maximum atomic E-state index is 7.31. The van der Waals surface area contributed by atoms with Crippen molar-refractivity contribution < 1.29 is 4.43 Å². The van der Waals surface area contributed by atoms with Crippen LogP contribution in [0.2, 0.25) is 5.04 Å². The molecule has 1 atom stereocenters. The molecule has 0 aromatic heterocycles. The molecule has 0 aliphatic heterocycles. The summed E-state index contributed by atoms with van der Waals surface area (Å²) in [5.74, 6) is 0. The smallest absolute Gasteiger partial charge is 0.262 e. The van der Waals surface area contributed by atoms with Crippen LogP contribution in [-0.2, 0) is 4.43 Å². The average molecular weight is 478 g/mol. The minimum Gasteiger partial charge on any atom is -0.396 e. The molecule has 1 unspecified atom stereocenters. The Labute approximate surface area is 190 Å². The molecule has 0 saturated heterocycles. The first-order chi connectivity index (χ1) is 14.3. The van der Waals surface area contributed by atoms with Crippen LogP contribution in [0.5, 0.6) is 0 Å². The molecule has 0 N–H and O–H groups in total. The van der Waals surface area contributed by atoms with Crippen molar-refractivity contribution in [3.63, 3.8) is 0 Å². The summed E-state index contributed by atoms with van der Waals surface area (Å²) in [6.45, 7) is 15.1. The van der Waals surface area contributed by atoms with Crippen LogP contribution >= 0.6 is 15.9 Å². The second-order valence-electron chi connectivity index (χ2n) is 8.49. The summed E-state index contributed by atoms with van der Waals surface area (Å²) in [7, 11) is -2.71. The molecular weight excluding hydrogens is 448 g/mol. The number of benzene rings is 3. The lowest BCUT2D eigenvalue weighted by atomic mass is 10.0. The quantitative estimate of drug-likeness (QED) is 0.268. The van der Waals surface area contributed by atoms with Crippen molar-refractivity contribution in [3.8, 4) is 0 Å². The molecule has 154 valence electrons. The van der Waals surface area contributed by atoms with Crippen molar-refractivity contribution in [2.75, 3.05) is 0 Å². The van der Waals surface area contributed by atoms with Crippen LogP contribution in [0.15, 0.2) is 114 Å². The standard InChI is InChI=1S/C27H29BrOSi/c1-6-21(2)26(22-17-19-23(28)20-18-22)29-30(27(3,4)5,24-13-9-7-10-14-24)25-15-11-8-12-16-25/h6-20,26H,1-2H2,3-5H3. The zero-order chi connectivity index (χ0) is 21.8. The van der Waals surface area contributed by atoms with Gasteiger partial charge >= 0.3 is 0 Å². The van der Waals surface area contributed by atoms with E-state index in [1.165, 1.54) is 10.4 Å². The zero-order valence-corrected chi connectivity index (χ0v) is 20.5. The number of hydrogen-bond acceptors (Lipinski definition) is 1. The molecule has 0 spiro atoms. The maximum Gasteiger partial charge on any atom is 0.262 e. The number of halogens is 1. The number of rotatable bonds is 7. The Morgan fingerprint density at radius 1 is 0.867 bits per heavy atom. The van der Waals surface area contributed by atoms with Gasteiger partial charge in [0.2, 0.25) is 0 Å². The highest BCUT2D eigenvalue weighted by Crippen LogP contribution is 2.41. The summed E-state index contributed by atoms with van der Waals surface area (Å²) in [5, 5.41) is 2.40. The predicted molar refractivity (Wildman–Crippen MR) is 135 cm³/mol. The molecule has 0 bridgehead atoms. The van der Waals surface area contributed by atoms with Crippen molar-refractivity contribution in [2.24, 2.45) is 0 Å². The van der Waals surface area contributed by atoms with Crippen molar-refractivity contribution >= 4 is 34.6 Å². The van der Waals surface area contributed by atoms with Gasteiger partial charge in [0.25, 0.3) is 8.32 Å². The van der Waals surface area contributed by atoms with Gasteiger partial charge in [0.05, 0.1) is 6.10 Å². The first kappa shape index (κ1) is 22.5. The minimum absolute atomic E-state index is 0.106. The van der Waals surface area contributed by atoms with Gasteiger partial charge in [-0.25, -0.2) is 0 Å². The van der Waals surface area contributed by atoms with Gasteiger partial charge in [-0.2, -0.15) is 0 Å². The van der Waals surface area contributed by atoms with Crippen molar-refractivity contribution in [1.29, 1.82) is 0 Å². The molecular formula is C27H29BrOSi. The molecule has 0 aliphatic carbocycles. The highest BCUT2D eigenvalue weighted by molar-refractivity contribution is 9.10. The van der Waals surface area contributed by atoms with E-state index in [9.17, 15) is 0 Å². The van der Waals surface area contributed by atoms with Gasteiger partial charge in [-0.05, 0) is 38.7 Å². The van der Waals surface area contributed by atoms with Crippen LogP contribution in [0.4, 0.5) is 0 Å². The average Bonchev–Trinajstić information content (AvgIpc) is 2.75. The van der Waals surface area contributed by atoms with Crippen LogP contribution in [0, 0.1) is 0 Å². The fourth-order valence-corrected chi connectivity index (χ4v) is 8.89. The van der Waals surface area contributed by atoms with Gasteiger partial charge in [-0.3, -0.25) is 0 Å². The largest absolute Gasteiger partial charge is 0.396 e. The third-order valence-electron chi connectivity index (χ3n) is 5.48. The van der Waals surface area contributed by atoms with Crippen LogP contribution in [0.3, 0.4) is 0 Å². The fraction of sp³-hybridized carbons (Fsp3) is 0.185. The van der Waals surface area contributed by atoms with Crippen LogP contribution in [-0.4, -0.2) is 8.32 Å². The van der Waals surface area contributed by atoms with E-state index < -0.39 is 8.32 Å². The normalized spacial score (nSPS) is 12.9. The Morgan fingerprint density at radius 2 is 1.33 bits per heavy atom. The van der Waals surface area contributed by atoms with Gasteiger partial charge in [0.15, 0.2) is 0 Å². The Balaban J connectivity index is 2.26. The predicted octanol–water partition coefficient (Wildman–Crippen LogP) is 6.81. The molecule has 3 rings (SSSR count). The van der Waals surface area contributed by atoms with E-state index >= 15 is 0 Å². The summed E-state index contributed by atoms with van der Waals surface area (Å²) in [4.78, 5) is 0. The summed E-state index contributed by atoms with van der Waals surface area (Å²) < 4.78 is 8.35. The highest BCUT2D eigenvalue weighted by atomic mass is 79.9. The molecule has 3 aromatic rings. The van der Waals surface area contributed by atoms with Crippen LogP contribution in [0.1, 0.15) is 32.4 Å². The van der Waals surface area contributed by atoms with Gasteiger partial charge in [-0.1, -0.05) is 129 Å². The number of hydrogen-bond donors (Lipinski definition) is 0. The molecule has 3 heteroatoms. The van der Waals surface area contributed by atoms with Crippen LogP contribution in [0.25, 0.3) is 0 Å². The van der Waals surface area contributed by atoms with Gasteiger partial charge in [-0.15, -0.1) is 0 Å². The van der Waals surface area contributed by atoms with E-state index in [1.807, 2.05) is 18.2 Å². The van der Waals surface area contributed by atoms with Gasteiger partial charge in [0.1, 0.15) is 0 Å². The highest BCUT2D eigenvalue weighted by Gasteiger charge is 2.51. The molecule has 0 radical (unpaired) electrons. The Kier molecular flexibility index (Phi) is 6.97. The Hall–Kier alpha value is -2.20. The minimum atomic E-state index is -2.71. The third-order valence-corrected chi connectivity index (χ3v) is 11.0. The van der Waals surface area contributed by atoms with E-state index in [0.717, 1.165) is 15.6 Å². The van der Waals surface area contributed by atoms with E-state index in [4.69, 9.17) is 4.43 Å². The molecule has 0 saturated carbocycles.